The molecule has 176 valence electrons. The fourth-order valence-electron chi connectivity index (χ4n) is 5.31. The van der Waals surface area contributed by atoms with Crippen molar-refractivity contribution in [3.05, 3.63) is 139 Å². The largest absolute Gasteiger partial charge is 0.318 e. The first-order valence-electron chi connectivity index (χ1n) is 12.6. The van der Waals surface area contributed by atoms with E-state index in [9.17, 15) is 0 Å². The maximum Gasteiger partial charge on any atom is 0.160 e. The Morgan fingerprint density at radius 3 is 2.08 bits per heavy atom. The zero-order valence-corrected chi connectivity index (χ0v) is 20.1. The number of aromatic nitrogens is 3. The molecule has 1 aliphatic heterocycles. The van der Waals surface area contributed by atoms with Gasteiger partial charge >= 0.3 is 0 Å². The second-order valence-electron chi connectivity index (χ2n) is 9.29. The molecule has 0 spiro atoms. The van der Waals surface area contributed by atoms with E-state index in [4.69, 9.17) is 15.0 Å². The second kappa shape index (κ2) is 8.99. The summed E-state index contributed by atoms with van der Waals surface area (Å²) in [4.78, 5) is 17.4. The van der Waals surface area contributed by atoms with Crippen molar-refractivity contribution in [3.8, 4) is 34.0 Å². The van der Waals surface area contributed by atoms with Gasteiger partial charge in [-0.2, -0.15) is 0 Å². The Morgan fingerprint density at radius 2 is 1.24 bits per heavy atom. The van der Waals surface area contributed by atoms with Crippen LogP contribution in [0.2, 0.25) is 0 Å². The first kappa shape index (κ1) is 21.5. The Bertz CT molecular complexity index is 1580. The van der Waals surface area contributed by atoms with Gasteiger partial charge in [-0.3, -0.25) is 0 Å². The van der Waals surface area contributed by atoms with Crippen LogP contribution in [-0.4, -0.2) is 21.0 Å². The van der Waals surface area contributed by atoms with Crippen LogP contribution in [0.1, 0.15) is 11.5 Å². The number of fused-ring (bicyclic) bond motifs is 3. The number of nitrogens with zero attached hydrogens (tertiary/aromatic N) is 4. The Kier molecular flexibility index (Phi) is 5.21. The van der Waals surface area contributed by atoms with Crippen LogP contribution in [0.25, 0.3) is 34.0 Å². The molecule has 4 heteroatoms. The molecule has 0 fully saturated rings. The van der Waals surface area contributed by atoms with Crippen LogP contribution in [0.5, 0.6) is 0 Å². The second-order valence-corrected chi connectivity index (χ2v) is 9.29. The SMILES string of the molecule is C1=CC2c3ccccc3N(c3cccc(-c4cc(-c5ccccc5)nc(-c5ccccc5)n4)n3)C2C=C1. The molecule has 7 rings (SSSR count). The molecular weight excluding hydrogens is 452 g/mol. The lowest BCUT2D eigenvalue weighted by molar-refractivity contribution is 0.738. The van der Waals surface area contributed by atoms with Crippen molar-refractivity contribution >= 4 is 11.5 Å². The molecule has 0 N–H and O–H groups in total. The highest BCUT2D eigenvalue weighted by Gasteiger charge is 2.37. The van der Waals surface area contributed by atoms with Gasteiger partial charge in [-0.25, -0.2) is 15.0 Å². The molecule has 1 aliphatic carbocycles. The first-order valence-corrected chi connectivity index (χ1v) is 12.6. The van der Waals surface area contributed by atoms with Gasteiger partial charge in [0, 0.05) is 22.7 Å². The monoisotopic (exact) mass is 476 g/mol. The lowest BCUT2D eigenvalue weighted by Gasteiger charge is -2.28. The summed E-state index contributed by atoms with van der Waals surface area (Å²) in [6.07, 6.45) is 8.83. The minimum atomic E-state index is 0.204. The number of rotatable bonds is 4. The van der Waals surface area contributed by atoms with E-state index in [1.165, 1.54) is 11.3 Å². The summed E-state index contributed by atoms with van der Waals surface area (Å²) in [6.45, 7) is 0. The summed E-state index contributed by atoms with van der Waals surface area (Å²) in [7, 11) is 0. The molecule has 0 radical (unpaired) electrons. The molecule has 2 unspecified atom stereocenters. The molecule has 0 saturated heterocycles. The van der Waals surface area contributed by atoms with Crippen molar-refractivity contribution in [2.24, 2.45) is 0 Å². The van der Waals surface area contributed by atoms with Gasteiger partial charge in [0.1, 0.15) is 5.82 Å². The maximum atomic E-state index is 5.16. The van der Waals surface area contributed by atoms with Crippen molar-refractivity contribution in [1.82, 2.24) is 15.0 Å². The van der Waals surface area contributed by atoms with E-state index in [1.54, 1.807) is 0 Å². The number of anilines is 2. The van der Waals surface area contributed by atoms with Gasteiger partial charge in [0.25, 0.3) is 0 Å². The summed E-state index contributed by atoms with van der Waals surface area (Å²) in [5.74, 6) is 1.93. The van der Waals surface area contributed by atoms with E-state index in [-0.39, 0.29) is 6.04 Å². The molecule has 0 bridgehead atoms. The highest BCUT2D eigenvalue weighted by molar-refractivity contribution is 5.76. The van der Waals surface area contributed by atoms with Gasteiger partial charge in [-0.15, -0.1) is 0 Å². The van der Waals surface area contributed by atoms with Gasteiger partial charge < -0.3 is 4.90 Å². The normalized spacial score (nSPS) is 17.5. The molecule has 37 heavy (non-hydrogen) atoms. The summed E-state index contributed by atoms with van der Waals surface area (Å²) >= 11 is 0. The third-order valence-electron chi connectivity index (χ3n) is 7.03. The minimum absolute atomic E-state index is 0.204. The average Bonchev–Trinajstić information content (AvgIpc) is 3.32. The fraction of sp³-hybridized carbons (Fsp3) is 0.0606. The number of para-hydroxylation sites is 1. The van der Waals surface area contributed by atoms with Crippen LogP contribution in [0.3, 0.4) is 0 Å². The molecule has 0 saturated carbocycles. The summed E-state index contributed by atoms with van der Waals surface area (Å²) in [6, 6.07) is 37.4. The lowest BCUT2D eigenvalue weighted by Crippen LogP contribution is -2.29. The predicted molar refractivity (Wildman–Crippen MR) is 150 cm³/mol. The van der Waals surface area contributed by atoms with Crippen LogP contribution in [0, 0.1) is 0 Å². The van der Waals surface area contributed by atoms with Crippen LogP contribution < -0.4 is 4.90 Å². The van der Waals surface area contributed by atoms with Crippen LogP contribution in [0.4, 0.5) is 11.5 Å². The summed E-state index contributed by atoms with van der Waals surface area (Å²) < 4.78 is 0. The van der Waals surface area contributed by atoms with E-state index in [0.717, 1.165) is 34.0 Å². The van der Waals surface area contributed by atoms with Crippen LogP contribution in [0.15, 0.2) is 133 Å². The fourth-order valence-corrected chi connectivity index (χ4v) is 5.31. The molecular formula is C33H24N4. The van der Waals surface area contributed by atoms with Crippen LogP contribution >= 0.6 is 0 Å². The minimum Gasteiger partial charge on any atom is -0.318 e. The van der Waals surface area contributed by atoms with Crippen molar-refractivity contribution in [2.75, 3.05) is 4.90 Å². The van der Waals surface area contributed by atoms with E-state index in [0.29, 0.717) is 11.7 Å². The molecule has 2 atom stereocenters. The van der Waals surface area contributed by atoms with E-state index in [2.05, 4.69) is 77.7 Å². The summed E-state index contributed by atoms with van der Waals surface area (Å²) in [5.41, 5.74) is 7.07. The van der Waals surface area contributed by atoms with E-state index >= 15 is 0 Å². The quantitative estimate of drug-likeness (QED) is 0.268. The van der Waals surface area contributed by atoms with Crippen molar-refractivity contribution in [1.29, 1.82) is 0 Å². The van der Waals surface area contributed by atoms with E-state index < -0.39 is 0 Å². The molecule has 2 aliphatic rings. The smallest absolute Gasteiger partial charge is 0.160 e. The van der Waals surface area contributed by atoms with Gasteiger partial charge in [0.05, 0.1) is 23.1 Å². The van der Waals surface area contributed by atoms with E-state index in [1.807, 2.05) is 60.7 Å². The Labute approximate surface area is 216 Å². The van der Waals surface area contributed by atoms with Gasteiger partial charge in [0.2, 0.25) is 0 Å². The number of hydrogen-bond donors (Lipinski definition) is 0. The third-order valence-corrected chi connectivity index (χ3v) is 7.03. The topological polar surface area (TPSA) is 41.9 Å². The van der Waals surface area contributed by atoms with Crippen molar-refractivity contribution in [2.45, 2.75) is 12.0 Å². The Balaban J connectivity index is 1.36. The zero-order valence-electron chi connectivity index (χ0n) is 20.1. The number of pyridine rings is 1. The van der Waals surface area contributed by atoms with Gasteiger partial charge in [-0.05, 0) is 29.8 Å². The first-order chi connectivity index (χ1) is 18.3. The van der Waals surface area contributed by atoms with Crippen LogP contribution in [-0.2, 0) is 0 Å². The summed E-state index contributed by atoms with van der Waals surface area (Å²) in [5, 5.41) is 0. The van der Waals surface area contributed by atoms with Gasteiger partial charge in [0.15, 0.2) is 5.82 Å². The molecule has 2 aromatic heterocycles. The molecule has 5 aromatic rings. The van der Waals surface area contributed by atoms with Crippen molar-refractivity contribution < 1.29 is 0 Å². The third kappa shape index (κ3) is 3.83. The Hall–Kier alpha value is -4.83. The number of hydrogen-bond acceptors (Lipinski definition) is 4. The maximum absolute atomic E-state index is 5.16. The van der Waals surface area contributed by atoms with Crippen molar-refractivity contribution in [3.63, 3.8) is 0 Å². The standard InChI is InChI=1S/C33H24N4/c1-3-12-23(13-4-1)28-22-29(36-33(35-28)24-14-5-2-6-15-24)27-18-11-21-32(34-27)37-30-19-9-7-16-25(30)26-17-8-10-20-31(26)37/h1-22,25,30H. The zero-order chi connectivity index (χ0) is 24.6. The molecule has 3 aromatic carbocycles. The number of benzene rings is 3. The molecule has 0 amide bonds. The number of allylic oxidation sites excluding steroid dienone is 2. The lowest BCUT2D eigenvalue weighted by atomic mass is 9.91. The Morgan fingerprint density at radius 1 is 0.541 bits per heavy atom. The average molecular weight is 477 g/mol. The highest BCUT2D eigenvalue weighted by Crippen LogP contribution is 2.47. The van der Waals surface area contributed by atoms with Gasteiger partial charge in [-0.1, -0.05) is 109 Å². The highest BCUT2D eigenvalue weighted by atomic mass is 15.2. The molecule has 3 heterocycles. The molecule has 4 nitrogen and oxygen atoms in total. The predicted octanol–water partition coefficient (Wildman–Crippen LogP) is 7.60.